The number of nitrogens with zero attached hydrogens (tertiary/aromatic N) is 3. The van der Waals surface area contributed by atoms with Gasteiger partial charge in [-0.15, -0.1) is 11.6 Å². The molecule has 21 heavy (non-hydrogen) atoms. The van der Waals surface area contributed by atoms with Crippen LogP contribution in [0, 0.1) is 5.82 Å². The number of rotatable bonds is 3. The second-order valence-corrected chi connectivity index (χ2v) is 6.30. The quantitative estimate of drug-likeness (QED) is 0.628. The molecule has 0 aliphatic heterocycles. The third-order valence-electron chi connectivity index (χ3n) is 3.24. The van der Waals surface area contributed by atoms with Crippen LogP contribution in [-0.2, 0) is 6.54 Å². The van der Waals surface area contributed by atoms with Gasteiger partial charge in [0.15, 0.2) is 0 Å². The molecule has 3 rings (SSSR count). The van der Waals surface area contributed by atoms with Crippen LogP contribution in [-0.4, -0.2) is 14.5 Å². The minimum Gasteiger partial charge on any atom is -0.322 e. The molecule has 1 unspecified atom stereocenters. The molecule has 0 saturated carbocycles. The zero-order valence-corrected chi connectivity index (χ0v) is 13.6. The zero-order valence-electron chi connectivity index (χ0n) is 11.2. The van der Waals surface area contributed by atoms with Gasteiger partial charge in [0.25, 0.3) is 0 Å². The largest absolute Gasteiger partial charge is 0.322 e. The van der Waals surface area contributed by atoms with Gasteiger partial charge in [0, 0.05) is 18.5 Å². The summed E-state index contributed by atoms with van der Waals surface area (Å²) in [5.74, 6) is 0.400. The molecule has 3 nitrogen and oxygen atoms in total. The molecule has 0 aliphatic carbocycles. The van der Waals surface area contributed by atoms with E-state index in [0.29, 0.717) is 16.8 Å². The average Bonchev–Trinajstić information content (AvgIpc) is 2.79. The Morgan fingerprint density at radius 2 is 2.24 bits per heavy atom. The maximum absolute atomic E-state index is 13.8. The zero-order chi connectivity index (χ0) is 15.0. The molecule has 0 aliphatic rings. The van der Waals surface area contributed by atoms with E-state index in [9.17, 15) is 4.39 Å². The third-order valence-corrected chi connectivity index (χ3v) is 4.04. The summed E-state index contributed by atoms with van der Waals surface area (Å²) < 4.78 is 16.2. The number of benzene rings is 1. The predicted molar refractivity (Wildman–Crippen MR) is 85.0 cm³/mol. The Hall–Kier alpha value is -1.46. The number of alkyl halides is 1. The van der Waals surface area contributed by atoms with Gasteiger partial charge < -0.3 is 4.57 Å². The fraction of sp³-hybridized carbons (Fsp3) is 0.200. The Labute approximate surface area is 134 Å². The van der Waals surface area contributed by atoms with E-state index in [1.807, 2.05) is 23.6 Å². The summed E-state index contributed by atoms with van der Waals surface area (Å²) in [7, 11) is 0. The lowest BCUT2D eigenvalue weighted by Crippen LogP contribution is -2.06. The molecule has 0 fully saturated rings. The van der Waals surface area contributed by atoms with E-state index in [1.165, 1.54) is 6.07 Å². The van der Waals surface area contributed by atoms with Crippen molar-refractivity contribution in [2.45, 2.75) is 18.8 Å². The van der Waals surface area contributed by atoms with Gasteiger partial charge in [-0.2, -0.15) is 0 Å². The second kappa shape index (κ2) is 5.73. The van der Waals surface area contributed by atoms with Crippen molar-refractivity contribution in [1.82, 2.24) is 14.5 Å². The van der Waals surface area contributed by atoms with Crippen molar-refractivity contribution < 1.29 is 4.39 Å². The van der Waals surface area contributed by atoms with Crippen molar-refractivity contribution in [3.63, 3.8) is 0 Å². The van der Waals surface area contributed by atoms with Crippen LogP contribution < -0.4 is 0 Å². The summed E-state index contributed by atoms with van der Waals surface area (Å²) in [6, 6.07) is 6.99. The van der Waals surface area contributed by atoms with E-state index in [2.05, 4.69) is 25.9 Å². The van der Waals surface area contributed by atoms with E-state index in [1.54, 1.807) is 18.5 Å². The summed E-state index contributed by atoms with van der Waals surface area (Å²) in [5, 5.41) is -0.268. The van der Waals surface area contributed by atoms with Crippen molar-refractivity contribution in [1.29, 1.82) is 0 Å². The summed E-state index contributed by atoms with van der Waals surface area (Å²) in [4.78, 5) is 8.63. The highest BCUT2D eigenvalue weighted by Gasteiger charge is 2.17. The Kier molecular flexibility index (Phi) is 3.95. The fourth-order valence-corrected chi connectivity index (χ4v) is 2.78. The van der Waals surface area contributed by atoms with Gasteiger partial charge in [-0.05, 0) is 40.5 Å². The Morgan fingerprint density at radius 3 is 2.90 bits per heavy atom. The minimum absolute atomic E-state index is 0.268. The van der Waals surface area contributed by atoms with Crippen LogP contribution in [0.15, 0.2) is 41.1 Å². The number of pyridine rings is 1. The molecule has 0 spiro atoms. The van der Waals surface area contributed by atoms with Crippen LogP contribution in [0.3, 0.4) is 0 Å². The molecular formula is C15H12BrClFN3. The molecule has 2 aromatic heterocycles. The summed E-state index contributed by atoms with van der Waals surface area (Å²) >= 11 is 9.41. The van der Waals surface area contributed by atoms with Crippen molar-refractivity contribution in [3.8, 4) is 0 Å². The molecule has 0 bridgehead atoms. The lowest BCUT2D eigenvalue weighted by Gasteiger charge is -2.10. The topological polar surface area (TPSA) is 30.7 Å². The lowest BCUT2D eigenvalue weighted by atomic mass is 10.2. The number of aromatic nitrogens is 3. The first-order valence-electron chi connectivity index (χ1n) is 6.44. The lowest BCUT2D eigenvalue weighted by molar-refractivity contribution is 0.621. The normalized spacial score (nSPS) is 12.8. The first kappa shape index (κ1) is 14.5. The third kappa shape index (κ3) is 2.80. The number of fused-ring (bicyclic) bond motifs is 1. The maximum Gasteiger partial charge on any atom is 0.139 e. The first-order valence-corrected chi connectivity index (χ1v) is 7.67. The molecule has 0 amide bonds. The van der Waals surface area contributed by atoms with Crippen molar-refractivity contribution in [3.05, 3.63) is 58.3 Å². The minimum atomic E-state index is -0.316. The van der Waals surface area contributed by atoms with Crippen LogP contribution >= 0.6 is 27.5 Å². The van der Waals surface area contributed by atoms with Gasteiger partial charge in [0.2, 0.25) is 0 Å². The van der Waals surface area contributed by atoms with Gasteiger partial charge in [0.1, 0.15) is 11.6 Å². The predicted octanol–water partition coefficient (Wildman–Crippen LogP) is 4.68. The second-order valence-electron chi connectivity index (χ2n) is 4.79. The molecule has 1 atom stereocenters. The van der Waals surface area contributed by atoms with E-state index >= 15 is 0 Å². The highest BCUT2D eigenvalue weighted by molar-refractivity contribution is 9.10. The van der Waals surface area contributed by atoms with Crippen LogP contribution in [0.4, 0.5) is 4.39 Å². The van der Waals surface area contributed by atoms with Crippen molar-refractivity contribution >= 4 is 38.6 Å². The van der Waals surface area contributed by atoms with Crippen molar-refractivity contribution in [2.24, 2.45) is 0 Å². The maximum atomic E-state index is 13.8. The van der Waals surface area contributed by atoms with Gasteiger partial charge in [-0.1, -0.05) is 6.07 Å². The average molecular weight is 369 g/mol. The Bertz CT molecular complexity index is 786. The van der Waals surface area contributed by atoms with Gasteiger partial charge in [0.05, 0.1) is 27.4 Å². The van der Waals surface area contributed by atoms with Crippen LogP contribution in [0.5, 0.6) is 0 Å². The van der Waals surface area contributed by atoms with Gasteiger partial charge >= 0.3 is 0 Å². The fourth-order valence-electron chi connectivity index (χ4n) is 2.28. The summed E-state index contributed by atoms with van der Waals surface area (Å²) in [5.41, 5.74) is 2.45. The highest BCUT2D eigenvalue weighted by atomic mass is 79.9. The number of halogens is 3. The number of imidazole rings is 1. The van der Waals surface area contributed by atoms with E-state index in [0.717, 1.165) is 16.6 Å². The Balaban J connectivity index is 2.18. The smallest absolute Gasteiger partial charge is 0.139 e. The number of hydrogen-bond donors (Lipinski definition) is 0. The highest BCUT2D eigenvalue weighted by Crippen LogP contribution is 2.29. The SMILES string of the molecule is CC(Cl)c1nc2cc(Br)c(F)cc2n1Cc1cccnc1. The van der Waals surface area contributed by atoms with Gasteiger partial charge in [-0.25, -0.2) is 9.37 Å². The molecule has 108 valence electrons. The van der Waals surface area contributed by atoms with E-state index < -0.39 is 0 Å². The van der Waals surface area contributed by atoms with E-state index in [4.69, 9.17) is 11.6 Å². The molecule has 0 radical (unpaired) electrons. The molecule has 0 N–H and O–H groups in total. The molecular weight excluding hydrogens is 357 g/mol. The molecule has 3 aromatic rings. The van der Waals surface area contributed by atoms with Crippen LogP contribution in [0.25, 0.3) is 11.0 Å². The molecule has 6 heteroatoms. The standard InChI is InChI=1S/C15H12BrClFN3/c1-9(17)15-20-13-5-11(16)12(18)6-14(13)21(15)8-10-3-2-4-19-7-10/h2-7,9H,8H2,1H3. The van der Waals surface area contributed by atoms with Crippen LogP contribution in [0.1, 0.15) is 23.7 Å². The molecule has 2 heterocycles. The Morgan fingerprint density at radius 1 is 1.43 bits per heavy atom. The summed E-state index contributed by atoms with van der Waals surface area (Å²) in [6.45, 7) is 2.41. The number of hydrogen-bond acceptors (Lipinski definition) is 2. The van der Waals surface area contributed by atoms with Crippen molar-refractivity contribution in [2.75, 3.05) is 0 Å². The summed E-state index contributed by atoms with van der Waals surface area (Å²) in [6.07, 6.45) is 3.50. The van der Waals surface area contributed by atoms with E-state index in [-0.39, 0.29) is 11.2 Å². The van der Waals surface area contributed by atoms with Gasteiger partial charge in [-0.3, -0.25) is 4.98 Å². The molecule has 1 aromatic carbocycles. The first-order chi connectivity index (χ1) is 10.1. The monoisotopic (exact) mass is 367 g/mol. The van der Waals surface area contributed by atoms with Crippen LogP contribution in [0.2, 0.25) is 0 Å². The molecule has 0 saturated heterocycles.